The zero-order chi connectivity index (χ0) is 10.9. The van der Waals surface area contributed by atoms with Gasteiger partial charge in [0.05, 0.1) is 0 Å². The number of aromatic nitrogens is 1. The second-order valence-corrected chi connectivity index (χ2v) is 5.31. The van der Waals surface area contributed by atoms with Crippen LogP contribution >= 0.6 is 7.60 Å². The average Bonchev–Trinajstić information content (AvgIpc) is 2.72. The Labute approximate surface area is 87.7 Å². The SMILES string of the molecule is COP(=O)(OC)c1cc2ccccc2[nH]1. The number of H-pyrrole nitrogens is 1. The predicted molar refractivity (Wildman–Crippen MR) is 59.6 cm³/mol. The van der Waals surface area contributed by atoms with Gasteiger partial charge in [-0.2, -0.15) is 0 Å². The van der Waals surface area contributed by atoms with Crippen LogP contribution in [0.1, 0.15) is 0 Å². The Hall–Kier alpha value is -1.09. The highest BCUT2D eigenvalue weighted by Gasteiger charge is 2.26. The van der Waals surface area contributed by atoms with E-state index in [4.69, 9.17) is 9.05 Å². The van der Waals surface area contributed by atoms with Gasteiger partial charge in [0.25, 0.3) is 0 Å². The summed E-state index contributed by atoms with van der Waals surface area (Å²) in [5, 5.41) is 0.988. The quantitative estimate of drug-likeness (QED) is 0.815. The van der Waals surface area contributed by atoms with Gasteiger partial charge in [0.1, 0.15) is 5.44 Å². The van der Waals surface area contributed by atoms with E-state index in [0.717, 1.165) is 10.9 Å². The molecule has 2 aromatic rings. The van der Waals surface area contributed by atoms with Crippen molar-refractivity contribution in [1.29, 1.82) is 0 Å². The van der Waals surface area contributed by atoms with Gasteiger partial charge in [-0.05, 0) is 12.1 Å². The maximum atomic E-state index is 12.0. The van der Waals surface area contributed by atoms with E-state index in [0.29, 0.717) is 5.44 Å². The Morgan fingerprint density at radius 1 is 1.20 bits per heavy atom. The maximum Gasteiger partial charge on any atom is 0.376 e. The fourth-order valence-corrected chi connectivity index (χ4v) is 2.57. The average molecular weight is 225 g/mol. The molecule has 0 radical (unpaired) electrons. The first-order valence-corrected chi connectivity index (χ1v) is 6.04. The fraction of sp³-hybridized carbons (Fsp3) is 0.200. The largest absolute Gasteiger partial charge is 0.376 e. The molecule has 15 heavy (non-hydrogen) atoms. The highest BCUT2D eigenvalue weighted by Crippen LogP contribution is 2.45. The molecule has 0 saturated heterocycles. The van der Waals surface area contributed by atoms with Crippen molar-refractivity contribution in [1.82, 2.24) is 4.98 Å². The van der Waals surface area contributed by atoms with Gasteiger partial charge in [-0.3, -0.25) is 4.57 Å². The number of rotatable bonds is 3. The fourth-order valence-electron chi connectivity index (χ4n) is 1.48. The Kier molecular flexibility index (Phi) is 2.65. The molecule has 1 N–H and O–H groups in total. The lowest BCUT2D eigenvalue weighted by Crippen LogP contribution is -2.07. The second-order valence-electron chi connectivity index (χ2n) is 3.10. The first kappa shape index (κ1) is 10.4. The number of benzene rings is 1. The van der Waals surface area contributed by atoms with Crippen molar-refractivity contribution in [2.24, 2.45) is 0 Å². The molecule has 0 fully saturated rings. The molecular formula is C10H12NO3P. The van der Waals surface area contributed by atoms with Crippen LogP contribution in [0.15, 0.2) is 30.3 Å². The van der Waals surface area contributed by atoms with E-state index in [-0.39, 0.29) is 0 Å². The van der Waals surface area contributed by atoms with Crippen molar-refractivity contribution in [3.05, 3.63) is 30.3 Å². The molecule has 0 spiro atoms. The van der Waals surface area contributed by atoms with Gasteiger partial charge in [-0.25, -0.2) is 0 Å². The van der Waals surface area contributed by atoms with Crippen LogP contribution in [0.4, 0.5) is 0 Å². The van der Waals surface area contributed by atoms with Gasteiger partial charge < -0.3 is 14.0 Å². The summed E-state index contributed by atoms with van der Waals surface area (Å²) in [7, 11) is -0.420. The van der Waals surface area contributed by atoms with E-state index in [1.807, 2.05) is 24.3 Å². The summed E-state index contributed by atoms with van der Waals surface area (Å²) in [6.07, 6.45) is 0. The van der Waals surface area contributed by atoms with Gasteiger partial charge in [0.2, 0.25) is 0 Å². The topological polar surface area (TPSA) is 51.3 Å². The molecule has 0 unspecified atom stereocenters. The lowest BCUT2D eigenvalue weighted by molar-refractivity contribution is 0.286. The lowest BCUT2D eigenvalue weighted by atomic mass is 10.3. The summed E-state index contributed by atoms with van der Waals surface area (Å²) < 4.78 is 21.9. The normalized spacial score (nSPS) is 12.1. The smallest absolute Gasteiger partial charge is 0.348 e. The van der Waals surface area contributed by atoms with Crippen LogP contribution in [0, 0.1) is 0 Å². The summed E-state index contributed by atoms with van der Waals surface area (Å²) in [5.41, 5.74) is 1.40. The van der Waals surface area contributed by atoms with Crippen LogP contribution in [0.25, 0.3) is 10.9 Å². The molecule has 2 rings (SSSR count). The molecule has 0 amide bonds. The van der Waals surface area contributed by atoms with Crippen molar-refractivity contribution in [3.8, 4) is 0 Å². The zero-order valence-corrected chi connectivity index (χ0v) is 9.45. The first-order valence-electron chi connectivity index (χ1n) is 4.49. The third-order valence-corrected chi connectivity index (χ3v) is 4.08. The molecule has 0 aliphatic heterocycles. The number of para-hydroxylation sites is 1. The number of hydrogen-bond donors (Lipinski definition) is 1. The minimum absolute atomic E-state index is 0.480. The van der Waals surface area contributed by atoms with Gasteiger partial charge in [-0.15, -0.1) is 0 Å². The van der Waals surface area contributed by atoms with Gasteiger partial charge in [0, 0.05) is 25.1 Å². The number of fused-ring (bicyclic) bond motifs is 1. The van der Waals surface area contributed by atoms with E-state index in [2.05, 4.69) is 4.98 Å². The second kappa shape index (κ2) is 3.81. The molecule has 1 aromatic heterocycles. The molecule has 4 nitrogen and oxygen atoms in total. The van der Waals surface area contributed by atoms with Gasteiger partial charge >= 0.3 is 7.60 Å². The maximum absolute atomic E-state index is 12.0. The van der Waals surface area contributed by atoms with Crippen molar-refractivity contribution < 1.29 is 13.6 Å². The van der Waals surface area contributed by atoms with Crippen LogP contribution in [0.2, 0.25) is 0 Å². The molecule has 0 saturated carbocycles. The molecule has 5 heteroatoms. The summed E-state index contributed by atoms with van der Waals surface area (Å²) in [6.45, 7) is 0. The minimum atomic E-state index is -3.16. The molecule has 0 aliphatic carbocycles. The van der Waals surface area contributed by atoms with E-state index < -0.39 is 7.60 Å². The van der Waals surface area contributed by atoms with Gasteiger partial charge in [-0.1, -0.05) is 18.2 Å². The van der Waals surface area contributed by atoms with E-state index in [1.165, 1.54) is 14.2 Å². The minimum Gasteiger partial charge on any atom is -0.348 e. The van der Waals surface area contributed by atoms with Crippen LogP contribution < -0.4 is 5.44 Å². The number of hydrogen-bond acceptors (Lipinski definition) is 3. The highest BCUT2D eigenvalue weighted by molar-refractivity contribution is 7.61. The van der Waals surface area contributed by atoms with Crippen LogP contribution in [0.5, 0.6) is 0 Å². The summed E-state index contributed by atoms with van der Waals surface area (Å²) in [4.78, 5) is 3.02. The molecule has 1 heterocycles. The molecule has 1 aromatic carbocycles. The number of aromatic amines is 1. The standard InChI is InChI=1S/C10H12NO3P/c1-13-15(12,14-2)10-7-8-5-3-4-6-9(8)11-10/h3-7,11H,1-2H3. The van der Waals surface area contributed by atoms with E-state index in [1.54, 1.807) is 6.07 Å². The summed E-state index contributed by atoms with van der Waals surface area (Å²) in [6, 6.07) is 9.46. The van der Waals surface area contributed by atoms with Crippen molar-refractivity contribution >= 4 is 23.9 Å². The first-order chi connectivity index (χ1) is 7.19. The van der Waals surface area contributed by atoms with Crippen LogP contribution in [0.3, 0.4) is 0 Å². The van der Waals surface area contributed by atoms with Crippen LogP contribution in [-0.4, -0.2) is 19.2 Å². The monoisotopic (exact) mass is 225 g/mol. The highest BCUT2D eigenvalue weighted by atomic mass is 31.2. The molecule has 0 bridgehead atoms. The third-order valence-electron chi connectivity index (χ3n) is 2.29. The summed E-state index contributed by atoms with van der Waals surface area (Å²) in [5.74, 6) is 0. The third kappa shape index (κ3) is 1.72. The molecule has 0 aliphatic rings. The van der Waals surface area contributed by atoms with Crippen molar-refractivity contribution in [2.75, 3.05) is 14.2 Å². The Morgan fingerprint density at radius 2 is 1.87 bits per heavy atom. The molecular weight excluding hydrogens is 213 g/mol. The van der Waals surface area contributed by atoms with E-state index >= 15 is 0 Å². The molecule has 0 atom stereocenters. The number of nitrogens with one attached hydrogen (secondary N) is 1. The lowest BCUT2D eigenvalue weighted by Gasteiger charge is -2.10. The van der Waals surface area contributed by atoms with Crippen molar-refractivity contribution in [3.63, 3.8) is 0 Å². The Balaban J connectivity index is 2.58. The van der Waals surface area contributed by atoms with Gasteiger partial charge in [0.15, 0.2) is 0 Å². The zero-order valence-electron chi connectivity index (χ0n) is 8.56. The Morgan fingerprint density at radius 3 is 2.47 bits per heavy atom. The Bertz CT molecular complexity index is 479. The van der Waals surface area contributed by atoms with Crippen LogP contribution in [-0.2, 0) is 13.6 Å². The predicted octanol–water partition coefficient (Wildman–Crippen LogP) is 2.28. The summed E-state index contributed by atoms with van der Waals surface area (Å²) >= 11 is 0. The molecule has 80 valence electrons. The van der Waals surface area contributed by atoms with E-state index in [9.17, 15) is 4.57 Å². The van der Waals surface area contributed by atoms with Crippen molar-refractivity contribution in [2.45, 2.75) is 0 Å².